The van der Waals surface area contributed by atoms with Gasteiger partial charge in [0.2, 0.25) is 11.7 Å². The second-order valence-electron chi connectivity index (χ2n) is 4.60. The molecule has 6 N–H and O–H groups in total. The van der Waals surface area contributed by atoms with Crippen molar-refractivity contribution in [2.75, 3.05) is 13.2 Å². The molecule has 3 unspecified atom stereocenters. The monoisotopic (exact) mass is 345 g/mol. The maximum absolute atomic E-state index is 10.9. The minimum Gasteiger partial charge on any atom is -0.480 e. The van der Waals surface area contributed by atoms with E-state index in [-0.39, 0.29) is 37.2 Å². The van der Waals surface area contributed by atoms with Crippen LogP contribution in [0.3, 0.4) is 0 Å². The third-order valence-electron chi connectivity index (χ3n) is 2.96. The summed E-state index contributed by atoms with van der Waals surface area (Å²) in [4.78, 5) is 21.8. The first-order valence-electron chi connectivity index (χ1n) is 7.60. The van der Waals surface area contributed by atoms with Gasteiger partial charge in [0.05, 0.1) is 6.10 Å². The average Bonchev–Trinajstić information content (AvgIpc) is 2.55. The van der Waals surface area contributed by atoms with Gasteiger partial charge >= 0.3 is 5.97 Å². The minimum absolute atomic E-state index is 0.0914. The van der Waals surface area contributed by atoms with Gasteiger partial charge < -0.3 is 31.1 Å². The Kier molecular flexibility index (Phi) is 14.3. The molecule has 24 heavy (non-hydrogen) atoms. The predicted octanol–water partition coefficient (Wildman–Crippen LogP) is -0.308. The molecule has 3 atom stereocenters. The second-order valence-corrected chi connectivity index (χ2v) is 4.60. The third-order valence-corrected chi connectivity index (χ3v) is 2.96. The predicted molar refractivity (Wildman–Crippen MR) is 86.2 cm³/mol. The molecule has 9 nitrogen and oxygen atoms in total. The van der Waals surface area contributed by atoms with E-state index in [2.05, 4.69) is 11.1 Å². The molecular formula is C15H27N3O6. The van der Waals surface area contributed by atoms with Gasteiger partial charge in [0.1, 0.15) is 6.10 Å². The number of nitrogens with one attached hydrogen (secondary N) is 1. The van der Waals surface area contributed by atoms with Gasteiger partial charge in [-0.3, -0.25) is 4.79 Å². The summed E-state index contributed by atoms with van der Waals surface area (Å²) in [6, 6.07) is 0. The fourth-order valence-electron chi connectivity index (χ4n) is 1.98. The van der Waals surface area contributed by atoms with Crippen molar-refractivity contribution in [2.45, 2.75) is 45.8 Å². The van der Waals surface area contributed by atoms with Crippen molar-refractivity contribution >= 4 is 11.9 Å². The molecule has 1 rings (SSSR count). The topological polar surface area (TPSA) is 166 Å². The molecular weight excluding hydrogens is 318 g/mol. The van der Waals surface area contributed by atoms with Crippen LogP contribution in [-0.2, 0) is 14.3 Å². The van der Waals surface area contributed by atoms with E-state index in [1.165, 1.54) is 19.2 Å². The number of aliphatic hydroxyl groups excluding tert-OH is 2. The largest absolute Gasteiger partial charge is 0.480 e. The van der Waals surface area contributed by atoms with Crippen LogP contribution in [0.15, 0.2) is 11.8 Å². The van der Waals surface area contributed by atoms with Crippen LogP contribution in [-0.4, -0.2) is 52.6 Å². The van der Waals surface area contributed by atoms with E-state index < -0.39 is 18.2 Å². The number of ether oxygens (including phenoxy) is 1. The van der Waals surface area contributed by atoms with E-state index in [9.17, 15) is 14.7 Å². The van der Waals surface area contributed by atoms with Crippen LogP contribution in [0.5, 0.6) is 0 Å². The highest BCUT2D eigenvalue weighted by molar-refractivity contribution is 5.84. The van der Waals surface area contributed by atoms with Gasteiger partial charge in [0, 0.05) is 32.4 Å². The first-order valence-corrected chi connectivity index (χ1v) is 7.60. The standard InChI is InChI=1S/C12H19NO6.C2H6.CH2N2/c1-7(15)13-6-8-2-3-10(12(17)18)19-11(8)9(16)4-5-14;1-2;2-1-3/h3,8-9,11,14,16H,2,4-6H2,1H3,(H,13,15)(H,17,18);1-2H3;2H2. The van der Waals surface area contributed by atoms with Crippen LogP contribution in [0, 0.1) is 17.4 Å². The van der Waals surface area contributed by atoms with E-state index in [0.29, 0.717) is 6.42 Å². The Morgan fingerprint density at radius 2 is 2.08 bits per heavy atom. The highest BCUT2D eigenvalue weighted by Gasteiger charge is 2.34. The summed E-state index contributed by atoms with van der Waals surface area (Å²) in [5.41, 5.74) is 4.15. The Balaban J connectivity index is 0. The molecule has 0 saturated carbocycles. The number of carboxylic acid groups (broad SMARTS) is 1. The first kappa shape index (κ1) is 23.9. The summed E-state index contributed by atoms with van der Waals surface area (Å²) in [5, 5.41) is 37.3. The maximum Gasteiger partial charge on any atom is 0.370 e. The number of rotatable bonds is 6. The fourth-order valence-corrected chi connectivity index (χ4v) is 1.98. The van der Waals surface area contributed by atoms with Crippen LogP contribution in [0.25, 0.3) is 0 Å². The zero-order valence-corrected chi connectivity index (χ0v) is 14.2. The van der Waals surface area contributed by atoms with E-state index in [1.807, 2.05) is 13.8 Å². The molecule has 0 aromatic heterocycles. The SMILES string of the molecule is CC.CC(=O)NCC1CC=C(C(=O)O)OC1C(O)CCO.N#CN. The summed E-state index contributed by atoms with van der Waals surface area (Å²) in [7, 11) is 0. The zero-order valence-electron chi connectivity index (χ0n) is 14.2. The number of aliphatic hydroxyl groups is 2. The number of amides is 1. The Morgan fingerprint density at radius 3 is 2.50 bits per heavy atom. The van der Waals surface area contributed by atoms with Crippen molar-refractivity contribution in [3.63, 3.8) is 0 Å². The lowest BCUT2D eigenvalue weighted by Crippen LogP contribution is -2.44. The van der Waals surface area contributed by atoms with Crippen molar-refractivity contribution < 1.29 is 29.6 Å². The van der Waals surface area contributed by atoms with Gasteiger partial charge in [0.25, 0.3) is 0 Å². The first-order chi connectivity index (χ1) is 11.4. The second kappa shape index (κ2) is 14.3. The van der Waals surface area contributed by atoms with Crippen LogP contribution in [0.1, 0.15) is 33.6 Å². The number of carbonyl (C=O) groups is 2. The molecule has 0 aromatic rings. The van der Waals surface area contributed by atoms with Gasteiger partial charge in [-0.2, -0.15) is 5.26 Å². The molecule has 0 bridgehead atoms. The quantitative estimate of drug-likeness (QED) is 0.323. The lowest BCUT2D eigenvalue weighted by atomic mass is 9.90. The Bertz CT molecular complexity index is 447. The molecule has 0 saturated heterocycles. The van der Waals surface area contributed by atoms with E-state index in [1.54, 1.807) is 0 Å². The van der Waals surface area contributed by atoms with Gasteiger partial charge in [0.15, 0.2) is 6.19 Å². The average molecular weight is 345 g/mol. The number of allylic oxidation sites excluding steroid dienone is 1. The zero-order chi connectivity index (χ0) is 19.1. The lowest BCUT2D eigenvalue weighted by Gasteiger charge is -2.34. The van der Waals surface area contributed by atoms with Crippen molar-refractivity contribution in [1.82, 2.24) is 5.32 Å². The molecule has 0 radical (unpaired) electrons. The Morgan fingerprint density at radius 1 is 1.54 bits per heavy atom. The third kappa shape index (κ3) is 9.66. The van der Waals surface area contributed by atoms with Crippen LogP contribution >= 0.6 is 0 Å². The summed E-state index contributed by atoms with van der Waals surface area (Å²) in [6.45, 7) is 5.44. The van der Waals surface area contributed by atoms with Crippen molar-refractivity contribution in [3.05, 3.63) is 11.8 Å². The number of carboxylic acids is 1. The number of carbonyl (C=O) groups excluding carboxylic acids is 1. The highest BCUT2D eigenvalue weighted by Crippen LogP contribution is 2.26. The number of nitriles is 1. The molecule has 0 fully saturated rings. The molecule has 138 valence electrons. The summed E-state index contributed by atoms with van der Waals surface area (Å²) in [5.74, 6) is -1.84. The lowest BCUT2D eigenvalue weighted by molar-refractivity contribution is -0.142. The molecule has 1 aliphatic heterocycles. The van der Waals surface area contributed by atoms with Gasteiger partial charge in [-0.15, -0.1) is 0 Å². The van der Waals surface area contributed by atoms with Crippen molar-refractivity contribution in [2.24, 2.45) is 11.7 Å². The molecule has 0 spiro atoms. The van der Waals surface area contributed by atoms with Crippen molar-refractivity contribution in [1.29, 1.82) is 5.26 Å². The summed E-state index contributed by atoms with van der Waals surface area (Å²) < 4.78 is 5.26. The molecule has 1 aliphatic rings. The van der Waals surface area contributed by atoms with Gasteiger partial charge in [-0.1, -0.05) is 13.8 Å². The smallest absolute Gasteiger partial charge is 0.370 e. The van der Waals surface area contributed by atoms with Gasteiger partial charge in [-0.25, -0.2) is 4.79 Å². The van der Waals surface area contributed by atoms with E-state index in [4.69, 9.17) is 20.2 Å². The number of aliphatic carboxylic acids is 1. The van der Waals surface area contributed by atoms with Crippen LogP contribution in [0.4, 0.5) is 0 Å². The summed E-state index contributed by atoms with van der Waals surface area (Å²) >= 11 is 0. The van der Waals surface area contributed by atoms with Crippen LogP contribution in [0.2, 0.25) is 0 Å². The molecule has 1 amide bonds. The molecule has 0 aliphatic carbocycles. The number of nitrogens with zero attached hydrogens (tertiary/aromatic N) is 1. The van der Waals surface area contributed by atoms with Crippen LogP contribution < -0.4 is 11.1 Å². The van der Waals surface area contributed by atoms with E-state index in [0.717, 1.165) is 0 Å². The van der Waals surface area contributed by atoms with Crippen molar-refractivity contribution in [3.8, 4) is 6.19 Å². The minimum atomic E-state index is -1.20. The Hall–Kier alpha value is -2.31. The molecule has 9 heteroatoms. The van der Waals surface area contributed by atoms with E-state index >= 15 is 0 Å². The molecule has 0 aromatic carbocycles. The normalized spacial score (nSPS) is 19.6. The highest BCUT2D eigenvalue weighted by atomic mass is 16.5. The number of hydrogen-bond donors (Lipinski definition) is 5. The summed E-state index contributed by atoms with van der Waals surface area (Å²) in [6.07, 6.45) is 1.42. The number of nitrogens with two attached hydrogens (primary N) is 1. The number of hydrogen-bond acceptors (Lipinski definition) is 7. The fraction of sp³-hybridized carbons (Fsp3) is 0.667. The van der Waals surface area contributed by atoms with Gasteiger partial charge in [-0.05, 0) is 12.5 Å². The maximum atomic E-state index is 10.9. The molecule has 1 heterocycles. The Labute approximate surface area is 141 Å².